The van der Waals surface area contributed by atoms with Crippen molar-refractivity contribution >= 4 is 33.3 Å². The SMILES string of the molecule is CN(C)C(=O)c1cnc(NC(=O)C(CC2CCC(=O)C2)c2ccc(S(=O)(=O)C3CC3)c(C3CC3)c2)cn1. The molecule has 196 valence electrons. The summed E-state index contributed by atoms with van der Waals surface area (Å²) in [5.41, 5.74) is 1.74. The average Bonchev–Trinajstić information content (AvgIpc) is 3.79. The third-order valence-corrected chi connectivity index (χ3v) is 9.82. The highest BCUT2D eigenvalue weighted by Crippen LogP contribution is 2.47. The maximum Gasteiger partial charge on any atom is 0.273 e. The van der Waals surface area contributed by atoms with Crippen molar-refractivity contribution in [1.29, 1.82) is 0 Å². The van der Waals surface area contributed by atoms with Gasteiger partial charge in [-0.2, -0.15) is 0 Å². The third kappa shape index (κ3) is 5.58. The summed E-state index contributed by atoms with van der Waals surface area (Å²) in [6, 6.07) is 5.34. The minimum Gasteiger partial charge on any atom is -0.343 e. The Labute approximate surface area is 217 Å². The van der Waals surface area contributed by atoms with Gasteiger partial charge in [0.05, 0.1) is 28.5 Å². The van der Waals surface area contributed by atoms with Crippen molar-refractivity contribution in [3.05, 3.63) is 47.4 Å². The number of Topliss-reactive ketones (excluding diaryl/α,β-unsaturated/α-hetero) is 1. The minimum atomic E-state index is -3.35. The van der Waals surface area contributed by atoms with E-state index in [0.29, 0.717) is 37.0 Å². The summed E-state index contributed by atoms with van der Waals surface area (Å²) >= 11 is 0. The maximum absolute atomic E-state index is 13.5. The smallest absolute Gasteiger partial charge is 0.273 e. The van der Waals surface area contributed by atoms with Gasteiger partial charge < -0.3 is 10.2 Å². The number of ketones is 1. The predicted octanol–water partition coefficient (Wildman–Crippen LogP) is 3.47. The van der Waals surface area contributed by atoms with E-state index in [2.05, 4.69) is 15.3 Å². The van der Waals surface area contributed by atoms with Crippen LogP contribution in [-0.2, 0) is 19.4 Å². The van der Waals surface area contributed by atoms with Gasteiger partial charge in [-0.1, -0.05) is 12.1 Å². The van der Waals surface area contributed by atoms with Gasteiger partial charge in [-0.15, -0.1) is 0 Å². The van der Waals surface area contributed by atoms with E-state index in [1.165, 1.54) is 17.3 Å². The second-order valence-corrected chi connectivity index (χ2v) is 12.9. The van der Waals surface area contributed by atoms with Gasteiger partial charge in [-0.3, -0.25) is 14.4 Å². The van der Waals surface area contributed by atoms with Crippen molar-refractivity contribution in [2.24, 2.45) is 5.92 Å². The van der Waals surface area contributed by atoms with Crippen LogP contribution in [0.15, 0.2) is 35.5 Å². The second kappa shape index (κ2) is 9.96. The highest BCUT2D eigenvalue weighted by molar-refractivity contribution is 7.92. The number of hydrogen-bond donors (Lipinski definition) is 1. The molecule has 0 saturated heterocycles. The number of anilines is 1. The molecule has 3 fully saturated rings. The maximum atomic E-state index is 13.5. The van der Waals surface area contributed by atoms with Crippen LogP contribution in [0.1, 0.15) is 84.8 Å². The fourth-order valence-electron chi connectivity index (χ4n) is 5.08. The van der Waals surface area contributed by atoms with Crippen LogP contribution in [0.4, 0.5) is 5.82 Å². The molecular weight excluding hydrogens is 492 g/mol. The largest absolute Gasteiger partial charge is 0.343 e. The third-order valence-electron chi connectivity index (χ3n) is 7.48. The van der Waals surface area contributed by atoms with Crippen LogP contribution in [0.25, 0.3) is 0 Å². The lowest BCUT2D eigenvalue weighted by atomic mass is 9.86. The number of sulfone groups is 1. The van der Waals surface area contributed by atoms with Gasteiger partial charge in [-0.05, 0) is 67.6 Å². The molecular formula is C27H32N4O5S. The van der Waals surface area contributed by atoms with Gasteiger partial charge >= 0.3 is 0 Å². The van der Waals surface area contributed by atoms with Crippen molar-refractivity contribution in [1.82, 2.24) is 14.9 Å². The van der Waals surface area contributed by atoms with Crippen molar-refractivity contribution < 1.29 is 22.8 Å². The monoisotopic (exact) mass is 524 g/mol. The molecule has 0 aliphatic heterocycles. The molecule has 9 nitrogen and oxygen atoms in total. The van der Waals surface area contributed by atoms with Gasteiger partial charge in [0.25, 0.3) is 5.91 Å². The molecule has 3 aliphatic carbocycles. The van der Waals surface area contributed by atoms with Crippen molar-refractivity contribution in [3.63, 3.8) is 0 Å². The Morgan fingerprint density at radius 2 is 1.84 bits per heavy atom. The summed E-state index contributed by atoms with van der Waals surface area (Å²) in [6.07, 6.45) is 8.18. The van der Waals surface area contributed by atoms with Crippen molar-refractivity contribution in [2.75, 3.05) is 19.4 Å². The molecule has 3 aliphatic rings. The summed E-state index contributed by atoms with van der Waals surface area (Å²) < 4.78 is 26.2. The fraction of sp³-hybridized carbons (Fsp3) is 0.519. The topological polar surface area (TPSA) is 126 Å². The predicted molar refractivity (Wildman–Crippen MR) is 137 cm³/mol. The fourth-order valence-corrected chi connectivity index (χ4v) is 7.01. The van der Waals surface area contributed by atoms with E-state index in [0.717, 1.165) is 30.4 Å². The van der Waals surface area contributed by atoms with E-state index >= 15 is 0 Å². The van der Waals surface area contributed by atoms with Crippen LogP contribution in [-0.4, -0.2) is 60.2 Å². The number of carbonyl (C=O) groups excluding carboxylic acids is 3. The molecule has 10 heteroatoms. The van der Waals surface area contributed by atoms with E-state index in [9.17, 15) is 22.8 Å². The molecule has 1 aromatic carbocycles. The van der Waals surface area contributed by atoms with Gasteiger partial charge in [0.2, 0.25) is 5.91 Å². The Morgan fingerprint density at radius 1 is 1.08 bits per heavy atom. The number of rotatable bonds is 9. The quantitative estimate of drug-likeness (QED) is 0.532. The first-order valence-electron chi connectivity index (χ1n) is 12.9. The Kier molecular flexibility index (Phi) is 6.87. The average molecular weight is 525 g/mol. The first-order chi connectivity index (χ1) is 17.6. The Bertz CT molecular complexity index is 1330. The number of nitrogens with zero attached hydrogens (tertiary/aromatic N) is 3. The van der Waals surface area contributed by atoms with Crippen LogP contribution in [0.3, 0.4) is 0 Å². The van der Waals surface area contributed by atoms with E-state index < -0.39 is 15.8 Å². The molecule has 0 bridgehead atoms. The van der Waals surface area contributed by atoms with Gasteiger partial charge in [-0.25, -0.2) is 18.4 Å². The van der Waals surface area contributed by atoms with Crippen molar-refractivity contribution in [3.8, 4) is 0 Å². The van der Waals surface area contributed by atoms with Gasteiger partial charge in [0, 0.05) is 26.9 Å². The highest BCUT2D eigenvalue weighted by atomic mass is 32.2. The number of hydrogen-bond acceptors (Lipinski definition) is 7. The zero-order valence-electron chi connectivity index (χ0n) is 21.1. The standard InChI is InChI=1S/C27H32N4O5S/c1-31(2)27(34)23-14-29-25(15-28-23)30-26(33)22(12-16-3-7-19(32)11-16)18-6-10-24(21(13-18)17-4-5-17)37(35,36)20-8-9-20/h6,10,13-17,20,22H,3-5,7-9,11-12H2,1-2H3,(H,29,30,33). The van der Waals surface area contributed by atoms with Crippen LogP contribution >= 0.6 is 0 Å². The second-order valence-electron chi connectivity index (χ2n) is 10.7. The molecule has 2 unspecified atom stereocenters. The highest BCUT2D eigenvalue weighted by Gasteiger charge is 2.41. The number of carbonyl (C=O) groups is 3. The van der Waals surface area contributed by atoms with E-state index in [4.69, 9.17) is 0 Å². The lowest BCUT2D eigenvalue weighted by Gasteiger charge is -2.22. The van der Waals surface area contributed by atoms with E-state index in [1.54, 1.807) is 26.2 Å². The van der Waals surface area contributed by atoms with Crippen LogP contribution in [0.2, 0.25) is 0 Å². The summed E-state index contributed by atoms with van der Waals surface area (Å²) in [4.78, 5) is 47.7. The molecule has 1 heterocycles. The molecule has 37 heavy (non-hydrogen) atoms. The van der Waals surface area contributed by atoms with Crippen LogP contribution in [0.5, 0.6) is 0 Å². The number of amides is 2. The Morgan fingerprint density at radius 3 is 2.41 bits per heavy atom. The molecule has 5 rings (SSSR count). The summed E-state index contributed by atoms with van der Waals surface area (Å²) in [7, 11) is -0.114. The first kappa shape index (κ1) is 25.5. The Hall–Kier alpha value is -3.14. The summed E-state index contributed by atoms with van der Waals surface area (Å²) in [5, 5.41) is 2.53. The van der Waals surface area contributed by atoms with Crippen molar-refractivity contribution in [2.45, 2.75) is 73.3 Å². The minimum absolute atomic E-state index is 0.0914. The molecule has 0 spiro atoms. The van der Waals surface area contributed by atoms with Gasteiger partial charge in [0.1, 0.15) is 11.5 Å². The zero-order valence-corrected chi connectivity index (χ0v) is 22.0. The molecule has 2 aromatic rings. The zero-order chi connectivity index (χ0) is 26.3. The normalized spacial score (nSPS) is 20.5. The number of nitrogens with one attached hydrogen (secondary N) is 1. The first-order valence-corrected chi connectivity index (χ1v) is 14.4. The molecule has 2 amide bonds. The van der Waals surface area contributed by atoms with E-state index in [1.807, 2.05) is 6.07 Å². The number of aromatic nitrogens is 2. The molecule has 0 radical (unpaired) electrons. The lowest BCUT2D eigenvalue weighted by molar-refractivity contribution is -0.119. The summed E-state index contributed by atoms with van der Waals surface area (Å²) in [6.45, 7) is 0. The lowest BCUT2D eigenvalue weighted by Crippen LogP contribution is -2.25. The summed E-state index contributed by atoms with van der Waals surface area (Å²) in [5.74, 6) is -0.427. The van der Waals surface area contributed by atoms with Gasteiger partial charge in [0.15, 0.2) is 15.7 Å². The van der Waals surface area contributed by atoms with E-state index in [-0.39, 0.29) is 46.2 Å². The Balaban J connectivity index is 1.43. The molecule has 1 aromatic heterocycles. The molecule has 2 atom stereocenters. The molecule has 1 N–H and O–H groups in total. The molecule has 3 saturated carbocycles. The van der Waals surface area contributed by atoms with Crippen LogP contribution in [0, 0.1) is 5.92 Å². The number of benzene rings is 1. The van der Waals surface area contributed by atoms with Crippen LogP contribution < -0.4 is 5.32 Å².